The van der Waals surface area contributed by atoms with Gasteiger partial charge in [0.05, 0.1) is 5.69 Å². The van der Waals surface area contributed by atoms with Gasteiger partial charge in [0.15, 0.2) is 4.90 Å². The number of nitrogens with one attached hydrogen (secondary N) is 1. The van der Waals surface area contributed by atoms with Crippen LogP contribution in [-0.4, -0.2) is 26.9 Å². The first-order valence-electron chi connectivity index (χ1n) is 7.57. The van der Waals surface area contributed by atoms with Crippen molar-refractivity contribution < 1.29 is 18.8 Å². The summed E-state index contributed by atoms with van der Waals surface area (Å²) in [5.74, 6) is -1.77. The largest absolute Gasteiger partial charge is 0.612 e. The molecule has 1 heterocycles. The lowest BCUT2D eigenvalue weighted by molar-refractivity contribution is 0.0695. The second kappa shape index (κ2) is 7.15. The molecule has 2 aromatic carbocycles. The number of pyridine rings is 1. The summed E-state index contributed by atoms with van der Waals surface area (Å²) >= 11 is -1.14. The van der Waals surface area contributed by atoms with Gasteiger partial charge in [0, 0.05) is 5.56 Å². The van der Waals surface area contributed by atoms with E-state index in [2.05, 4.69) is 4.98 Å². The molecule has 1 unspecified atom stereocenters. The molecule has 0 radical (unpaired) electrons. The Labute approximate surface area is 151 Å². The smallest absolute Gasteiger partial charge is 0.341 e. The number of aromatic carboxylic acids is 1. The van der Waals surface area contributed by atoms with Crippen LogP contribution in [-0.2, 0) is 11.2 Å². The topological polar surface area (TPSA) is 93.2 Å². The van der Waals surface area contributed by atoms with E-state index in [0.29, 0.717) is 27.3 Å². The van der Waals surface area contributed by atoms with Crippen LogP contribution in [0.15, 0.2) is 64.3 Å². The molecule has 0 aliphatic rings. The van der Waals surface area contributed by atoms with Gasteiger partial charge in [-0.3, -0.25) is 4.79 Å². The summed E-state index contributed by atoms with van der Waals surface area (Å²) in [4.78, 5) is 26.7. The fourth-order valence-corrected chi connectivity index (χ4v) is 3.11. The van der Waals surface area contributed by atoms with E-state index in [1.165, 1.54) is 30.3 Å². The molecule has 0 amide bonds. The highest BCUT2D eigenvalue weighted by Gasteiger charge is 2.17. The van der Waals surface area contributed by atoms with Crippen molar-refractivity contribution in [1.82, 2.24) is 4.98 Å². The van der Waals surface area contributed by atoms with Gasteiger partial charge in [0.1, 0.15) is 17.6 Å². The van der Waals surface area contributed by atoms with E-state index in [1.807, 2.05) is 0 Å². The quantitative estimate of drug-likeness (QED) is 0.688. The number of hydrogen-bond donors (Lipinski definition) is 2. The highest BCUT2D eigenvalue weighted by Crippen LogP contribution is 2.31. The third-order valence-corrected chi connectivity index (χ3v) is 4.84. The summed E-state index contributed by atoms with van der Waals surface area (Å²) in [6, 6.07) is 13.5. The minimum Gasteiger partial charge on any atom is -0.612 e. The Balaban J connectivity index is 2.23. The Morgan fingerprint density at radius 2 is 1.65 bits per heavy atom. The molecule has 0 bridgehead atoms. The Kier molecular flexibility index (Phi) is 4.92. The summed E-state index contributed by atoms with van der Waals surface area (Å²) in [5.41, 5.74) is 0.893. The van der Waals surface area contributed by atoms with Gasteiger partial charge in [0.2, 0.25) is 0 Å². The fourth-order valence-electron chi connectivity index (χ4n) is 2.59. The number of carbonyl (C=O) groups is 1. The van der Waals surface area contributed by atoms with Gasteiger partial charge in [0.25, 0.3) is 5.56 Å². The van der Waals surface area contributed by atoms with E-state index in [-0.39, 0.29) is 0 Å². The van der Waals surface area contributed by atoms with E-state index in [4.69, 9.17) is 0 Å². The monoisotopic (exact) mass is 371 g/mol. The van der Waals surface area contributed by atoms with Crippen LogP contribution >= 0.6 is 0 Å². The van der Waals surface area contributed by atoms with Crippen molar-refractivity contribution in [2.45, 2.75) is 4.90 Å². The van der Waals surface area contributed by atoms with E-state index in [0.717, 1.165) is 0 Å². The van der Waals surface area contributed by atoms with Gasteiger partial charge in [-0.05, 0) is 64.8 Å². The van der Waals surface area contributed by atoms with Gasteiger partial charge >= 0.3 is 5.97 Å². The Morgan fingerprint density at radius 1 is 1.08 bits per heavy atom. The van der Waals surface area contributed by atoms with Crippen LogP contribution in [0.1, 0.15) is 10.4 Å². The second-order valence-electron chi connectivity index (χ2n) is 5.59. The van der Waals surface area contributed by atoms with E-state index in [9.17, 15) is 23.6 Å². The van der Waals surface area contributed by atoms with Crippen molar-refractivity contribution in [3.8, 4) is 22.4 Å². The van der Waals surface area contributed by atoms with Gasteiger partial charge < -0.3 is 14.6 Å². The fraction of sp³-hybridized carbons (Fsp3) is 0.0526. The van der Waals surface area contributed by atoms with Crippen molar-refractivity contribution in [1.29, 1.82) is 0 Å². The minimum atomic E-state index is -1.35. The molecule has 0 spiro atoms. The molecule has 5 nitrogen and oxygen atoms in total. The molecule has 0 aliphatic heterocycles. The third kappa shape index (κ3) is 3.54. The number of halogens is 1. The molecule has 1 atom stereocenters. The summed E-state index contributed by atoms with van der Waals surface area (Å²) < 4.78 is 24.8. The number of aromatic nitrogens is 1. The predicted molar refractivity (Wildman–Crippen MR) is 97.2 cm³/mol. The van der Waals surface area contributed by atoms with Crippen molar-refractivity contribution in [3.63, 3.8) is 0 Å². The second-order valence-corrected chi connectivity index (χ2v) is 6.97. The van der Waals surface area contributed by atoms with Crippen LogP contribution in [0.2, 0.25) is 0 Å². The molecule has 1 aromatic heterocycles. The lowest BCUT2D eigenvalue weighted by Crippen LogP contribution is -2.18. The van der Waals surface area contributed by atoms with Crippen molar-refractivity contribution in [2.75, 3.05) is 6.26 Å². The maximum Gasteiger partial charge on any atom is 0.341 e. The number of H-pyrrole nitrogens is 1. The molecule has 3 aromatic rings. The van der Waals surface area contributed by atoms with Crippen molar-refractivity contribution >= 4 is 17.1 Å². The molecule has 3 rings (SSSR count). The molecular formula is C19H14FNO4S. The van der Waals surface area contributed by atoms with Crippen LogP contribution in [0.25, 0.3) is 22.4 Å². The number of rotatable bonds is 4. The zero-order valence-corrected chi connectivity index (χ0v) is 14.5. The van der Waals surface area contributed by atoms with Gasteiger partial charge in [-0.1, -0.05) is 12.1 Å². The maximum atomic E-state index is 13.2. The third-order valence-electron chi connectivity index (χ3n) is 3.90. The maximum absolute atomic E-state index is 13.2. The normalized spacial score (nSPS) is 12.0. The van der Waals surface area contributed by atoms with E-state index in [1.54, 1.807) is 30.5 Å². The number of aromatic amines is 1. The van der Waals surface area contributed by atoms with Crippen molar-refractivity contribution in [3.05, 3.63) is 76.3 Å². The van der Waals surface area contributed by atoms with Crippen molar-refractivity contribution in [2.24, 2.45) is 0 Å². The molecule has 132 valence electrons. The van der Waals surface area contributed by atoms with Crippen LogP contribution in [0, 0.1) is 5.82 Å². The molecule has 0 saturated carbocycles. The van der Waals surface area contributed by atoms with Gasteiger partial charge in [-0.25, -0.2) is 9.18 Å². The minimum absolute atomic E-state index is 0.403. The van der Waals surface area contributed by atoms with Crippen LogP contribution in [0.5, 0.6) is 0 Å². The van der Waals surface area contributed by atoms with E-state index < -0.39 is 34.1 Å². The first-order valence-corrected chi connectivity index (χ1v) is 9.13. The van der Waals surface area contributed by atoms with Crippen LogP contribution < -0.4 is 5.56 Å². The highest BCUT2D eigenvalue weighted by atomic mass is 32.2. The summed E-state index contributed by atoms with van der Waals surface area (Å²) in [6.07, 6.45) is 1.56. The summed E-state index contributed by atoms with van der Waals surface area (Å²) in [6.45, 7) is 0. The predicted octanol–water partition coefficient (Wildman–Crippen LogP) is 3.28. The first kappa shape index (κ1) is 17.9. The molecule has 0 aliphatic carbocycles. The van der Waals surface area contributed by atoms with Gasteiger partial charge in [-0.2, -0.15) is 0 Å². The number of benzene rings is 2. The molecule has 26 heavy (non-hydrogen) atoms. The Bertz CT molecular complexity index is 1010. The van der Waals surface area contributed by atoms with Crippen LogP contribution in [0.4, 0.5) is 4.39 Å². The van der Waals surface area contributed by atoms with Gasteiger partial charge in [-0.15, -0.1) is 0 Å². The Hall–Kier alpha value is -2.90. The average molecular weight is 371 g/mol. The highest BCUT2D eigenvalue weighted by molar-refractivity contribution is 7.90. The molecule has 0 fully saturated rings. The number of carboxylic acid groups (broad SMARTS) is 1. The number of carboxylic acids is 1. The lowest BCUT2D eigenvalue weighted by atomic mass is 9.98. The number of hydrogen-bond acceptors (Lipinski definition) is 3. The SMILES string of the molecule is C[S+]([O-])c1ccc(-c2[nH]c(=O)c(C(=O)O)cc2-c2ccc(F)cc2)cc1. The lowest BCUT2D eigenvalue weighted by Gasteiger charge is -2.12. The zero-order chi connectivity index (χ0) is 18.8. The average Bonchev–Trinajstić information content (AvgIpc) is 2.62. The zero-order valence-electron chi connectivity index (χ0n) is 13.7. The summed E-state index contributed by atoms with van der Waals surface area (Å²) in [7, 11) is 0. The van der Waals surface area contributed by atoms with Crippen LogP contribution in [0.3, 0.4) is 0 Å². The molecular weight excluding hydrogens is 357 g/mol. The molecule has 7 heteroatoms. The summed E-state index contributed by atoms with van der Waals surface area (Å²) in [5, 5.41) is 9.23. The standard InChI is InChI=1S/C19H14FNO4S/c1-26(25)14-8-4-12(5-9-14)17-15(11-2-6-13(20)7-3-11)10-16(19(23)24)18(22)21-17/h2-10H,1H3,(H,21,22)(H,23,24). The molecule has 2 N–H and O–H groups in total. The Morgan fingerprint density at radius 3 is 2.19 bits per heavy atom. The molecule has 0 saturated heterocycles. The van der Waals surface area contributed by atoms with E-state index >= 15 is 0 Å². The first-order chi connectivity index (χ1) is 12.4.